The van der Waals surface area contributed by atoms with Gasteiger partial charge in [0.2, 0.25) is 5.88 Å². The second-order valence-corrected chi connectivity index (χ2v) is 6.38. The Hall–Kier alpha value is -2.10. The normalized spacial score (nSPS) is 28.3. The summed E-state index contributed by atoms with van der Waals surface area (Å²) in [4.78, 5) is 8.37. The van der Waals surface area contributed by atoms with E-state index in [1.807, 2.05) is 24.4 Å². The molecule has 3 rings (SSSR count). The van der Waals surface area contributed by atoms with Crippen LogP contribution in [-0.2, 0) is 0 Å². The predicted octanol–water partition coefficient (Wildman–Crippen LogP) is 3.66. The molecule has 1 saturated carbocycles. The summed E-state index contributed by atoms with van der Waals surface area (Å²) < 4.78 is 6.14. The zero-order valence-electron chi connectivity index (χ0n) is 13.1. The number of hydrogen-bond acceptors (Lipinski definition) is 4. The minimum atomic E-state index is 0.203. The molecule has 1 aliphatic rings. The van der Waals surface area contributed by atoms with Crippen molar-refractivity contribution in [2.45, 2.75) is 38.7 Å². The van der Waals surface area contributed by atoms with E-state index in [-0.39, 0.29) is 6.10 Å². The van der Waals surface area contributed by atoms with Gasteiger partial charge < -0.3 is 10.5 Å². The van der Waals surface area contributed by atoms with Crippen molar-refractivity contribution in [1.29, 1.82) is 0 Å². The van der Waals surface area contributed by atoms with Crippen LogP contribution in [0.3, 0.4) is 0 Å². The van der Waals surface area contributed by atoms with Crippen molar-refractivity contribution >= 4 is 5.69 Å². The number of pyridine rings is 2. The van der Waals surface area contributed by atoms with Gasteiger partial charge in [0.15, 0.2) is 0 Å². The number of ether oxygens (including phenoxy) is 1. The first-order valence-electron chi connectivity index (χ1n) is 7.92. The zero-order chi connectivity index (χ0) is 15.5. The molecule has 116 valence electrons. The third kappa shape index (κ3) is 3.06. The number of anilines is 1. The highest BCUT2D eigenvalue weighted by atomic mass is 16.5. The van der Waals surface area contributed by atoms with Crippen LogP contribution in [0.15, 0.2) is 42.9 Å². The lowest BCUT2D eigenvalue weighted by atomic mass is 9.72. The van der Waals surface area contributed by atoms with Gasteiger partial charge in [0, 0.05) is 18.5 Å². The van der Waals surface area contributed by atoms with E-state index in [1.54, 1.807) is 12.4 Å². The number of rotatable bonds is 3. The third-order valence-corrected chi connectivity index (χ3v) is 4.66. The Bertz CT molecular complexity index is 605. The molecule has 1 fully saturated rings. The van der Waals surface area contributed by atoms with Crippen LogP contribution in [0.4, 0.5) is 5.69 Å². The van der Waals surface area contributed by atoms with Crippen LogP contribution in [0.25, 0.3) is 0 Å². The van der Waals surface area contributed by atoms with Gasteiger partial charge in [0.05, 0.1) is 11.9 Å². The quantitative estimate of drug-likeness (QED) is 0.939. The molecule has 0 bridgehead atoms. The van der Waals surface area contributed by atoms with Gasteiger partial charge in [-0.2, -0.15) is 0 Å². The van der Waals surface area contributed by atoms with Crippen molar-refractivity contribution in [2.24, 2.45) is 11.8 Å². The molecule has 0 spiro atoms. The fraction of sp³-hybridized carbons (Fsp3) is 0.444. The Kier molecular flexibility index (Phi) is 4.27. The number of hydrogen-bond donors (Lipinski definition) is 1. The first-order chi connectivity index (χ1) is 10.6. The molecule has 1 aliphatic carbocycles. The molecular weight excluding hydrogens is 274 g/mol. The minimum Gasteiger partial charge on any atom is -0.474 e. The molecule has 2 aromatic rings. The molecule has 0 amide bonds. The van der Waals surface area contributed by atoms with Crippen LogP contribution >= 0.6 is 0 Å². The van der Waals surface area contributed by atoms with E-state index >= 15 is 0 Å². The van der Waals surface area contributed by atoms with E-state index in [2.05, 4.69) is 29.9 Å². The van der Waals surface area contributed by atoms with Crippen molar-refractivity contribution in [1.82, 2.24) is 9.97 Å². The zero-order valence-corrected chi connectivity index (χ0v) is 13.1. The van der Waals surface area contributed by atoms with Crippen molar-refractivity contribution in [2.75, 3.05) is 5.73 Å². The Morgan fingerprint density at radius 3 is 2.50 bits per heavy atom. The van der Waals surface area contributed by atoms with Gasteiger partial charge in [0.1, 0.15) is 6.10 Å². The van der Waals surface area contributed by atoms with Crippen molar-refractivity contribution in [3.05, 3.63) is 48.4 Å². The second-order valence-electron chi connectivity index (χ2n) is 6.38. The summed E-state index contributed by atoms with van der Waals surface area (Å²) in [6, 6.07) is 7.84. The molecule has 2 heterocycles. The lowest BCUT2D eigenvalue weighted by Gasteiger charge is -2.39. The van der Waals surface area contributed by atoms with E-state index in [4.69, 9.17) is 10.5 Å². The monoisotopic (exact) mass is 297 g/mol. The average molecular weight is 297 g/mol. The molecule has 0 radical (unpaired) electrons. The summed E-state index contributed by atoms with van der Waals surface area (Å²) in [6.07, 6.45) is 7.72. The van der Waals surface area contributed by atoms with E-state index in [0.717, 1.165) is 18.5 Å². The summed E-state index contributed by atoms with van der Waals surface area (Å²) >= 11 is 0. The van der Waals surface area contributed by atoms with Gasteiger partial charge in [-0.25, -0.2) is 4.98 Å². The van der Waals surface area contributed by atoms with E-state index in [0.29, 0.717) is 23.6 Å². The van der Waals surface area contributed by atoms with Crippen LogP contribution in [0, 0.1) is 11.8 Å². The Labute approximate surface area is 131 Å². The first kappa shape index (κ1) is 14.8. The molecule has 0 aliphatic heterocycles. The van der Waals surface area contributed by atoms with Gasteiger partial charge in [-0.3, -0.25) is 4.98 Å². The second kappa shape index (κ2) is 6.34. The third-order valence-electron chi connectivity index (χ3n) is 4.66. The molecule has 4 heteroatoms. The molecule has 4 atom stereocenters. The number of nitrogens with zero attached hydrogens (tertiary/aromatic N) is 2. The van der Waals surface area contributed by atoms with E-state index in [1.165, 1.54) is 5.56 Å². The van der Waals surface area contributed by atoms with Crippen LogP contribution in [0.1, 0.15) is 38.2 Å². The number of aromatic nitrogens is 2. The van der Waals surface area contributed by atoms with Gasteiger partial charge >= 0.3 is 0 Å². The first-order valence-corrected chi connectivity index (χ1v) is 7.92. The van der Waals surface area contributed by atoms with E-state index in [9.17, 15) is 0 Å². The standard InChI is InChI=1S/C18H23N3O/c1-12-9-14(15-6-8-20-11-16(15)19)10-13(2)18(12)22-17-5-3-4-7-21-17/h3-8,11-14,18H,9-10,19H2,1-2H3/t12-,13+,14?,18-. The molecule has 2 aromatic heterocycles. The topological polar surface area (TPSA) is 61.0 Å². The molecule has 22 heavy (non-hydrogen) atoms. The Balaban J connectivity index is 1.73. The van der Waals surface area contributed by atoms with Crippen LogP contribution < -0.4 is 10.5 Å². The maximum absolute atomic E-state index is 6.14. The Morgan fingerprint density at radius 2 is 1.86 bits per heavy atom. The lowest BCUT2D eigenvalue weighted by Crippen LogP contribution is -2.38. The fourth-order valence-electron chi connectivity index (χ4n) is 3.65. The highest BCUT2D eigenvalue weighted by Crippen LogP contribution is 2.42. The van der Waals surface area contributed by atoms with Crippen molar-refractivity contribution < 1.29 is 4.74 Å². The molecule has 1 unspecified atom stereocenters. The average Bonchev–Trinajstić information content (AvgIpc) is 2.52. The van der Waals surface area contributed by atoms with Gasteiger partial charge in [-0.05, 0) is 48.3 Å². The number of nitrogen functional groups attached to an aromatic ring is 1. The maximum Gasteiger partial charge on any atom is 0.213 e. The fourth-order valence-corrected chi connectivity index (χ4v) is 3.65. The van der Waals surface area contributed by atoms with Crippen LogP contribution in [-0.4, -0.2) is 16.1 Å². The molecular formula is C18H23N3O. The number of nitrogens with two attached hydrogens (primary N) is 1. The van der Waals surface area contributed by atoms with Crippen molar-refractivity contribution in [3.63, 3.8) is 0 Å². The molecule has 2 N–H and O–H groups in total. The summed E-state index contributed by atoms with van der Waals surface area (Å²) in [6.45, 7) is 4.52. The van der Waals surface area contributed by atoms with Crippen LogP contribution in [0.5, 0.6) is 5.88 Å². The van der Waals surface area contributed by atoms with Crippen molar-refractivity contribution in [3.8, 4) is 5.88 Å². The van der Waals surface area contributed by atoms with Crippen LogP contribution in [0.2, 0.25) is 0 Å². The van der Waals surface area contributed by atoms with Gasteiger partial charge in [0.25, 0.3) is 0 Å². The lowest BCUT2D eigenvalue weighted by molar-refractivity contribution is 0.0426. The minimum absolute atomic E-state index is 0.203. The summed E-state index contributed by atoms with van der Waals surface area (Å²) in [5.74, 6) is 2.12. The highest BCUT2D eigenvalue weighted by molar-refractivity contribution is 5.46. The largest absolute Gasteiger partial charge is 0.474 e. The van der Waals surface area contributed by atoms with Gasteiger partial charge in [-0.1, -0.05) is 19.9 Å². The summed E-state index contributed by atoms with van der Waals surface area (Å²) in [5, 5.41) is 0. The Morgan fingerprint density at radius 1 is 1.09 bits per heavy atom. The molecule has 0 aromatic carbocycles. The summed E-state index contributed by atoms with van der Waals surface area (Å²) in [5.41, 5.74) is 8.13. The molecule has 0 saturated heterocycles. The SMILES string of the molecule is C[C@@H]1CC(c2ccncc2N)C[C@H](C)[C@@H]1Oc1ccccn1. The summed E-state index contributed by atoms with van der Waals surface area (Å²) in [7, 11) is 0. The highest BCUT2D eigenvalue weighted by Gasteiger charge is 2.36. The smallest absolute Gasteiger partial charge is 0.213 e. The predicted molar refractivity (Wildman–Crippen MR) is 87.6 cm³/mol. The van der Waals surface area contributed by atoms with Gasteiger partial charge in [-0.15, -0.1) is 0 Å². The molecule has 4 nitrogen and oxygen atoms in total. The maximum atomic E-state index is 6.14. The van der Waals surface area contributed by atoms with E-state index < -0.39 is 0 Å².